The molecular formula is C20H21BrN2O5. The van der Waals surface area contributed by atoms with Crippen molar-refractivity contribution in [1.29, 1.82) is 0 Å². The Morgan fingerprint density at radius 2 is 1.68 bits per heavy atom. The zero-order chi connectivity index (χ0) is 19.8. The van der Waals surface area contributed by atoms with E-state index in [1.807, 2.05) is 0 Å². The number of halogens is 1. The van der Waals surface area contributed by atoms with E-state index in [2.05, 4.69) is 21.2 Å². The van der Waals surface area contributed by atoms with Crippen molar-refractivity contribution < 1.29 is 23.9 Å². The number of benzene rings is 1. The number of ether oxygens (including phenoxy) is 1. The molecule has 2 saturated carbocycles. The first kappa shape index (κ1) is 19.1. The monoisotopic (exact) mass is 448 g/mol. The molecule has 0 spiro atoms. The van der Waals surface area contributed by atoms with Gasteiger partial charge in [0, 0.05) is 16.7 Å². The molecule has 3 aliphatic rings. The maximum atomic E-state index is 12.6. The molecule has 3 amide bonds. The van der Waals surface area contributed by atoms with E-state index < -0.39 is 18.5 Å². The molecule has 2 bridgehead atoms. The number of hydrogen-bond acceptors (Lipinski definition) is 5. The van der Waals surface area contributed by atoms with Crippen molar-refractivity contribution in [1.82, 2.24) is 4.90 Å². The molecule has 1 N–H and O–H groups in total. The number of fused-ring (bicyclic) bond motifs is 5. The number of amides is 3. The molecule has 4 atom stereocenters. The Kier molecular flexibility index (Phi) is 5.23. The van der Waals surface area contributed by atoms with E-state index in [1.165, 1.54) is 4.90 Å². The molecular weight excluding hydrogens is 428 g/mol. The van der Waals surface area contributed by atoms with E-state index in [0.29, 0.717) is 17.5 Å². The number of nitrogens with zero attached hydrogens (tertiary/aromatic N) is 1. The summed E-state index contributed by atoms with van der Waals surface area (Å²) >= 11 is 3.31. The summed E-state index contributed by atoms with van der Waals surface area (Å²) in [7, 11) is 0. The van der Waals surface area contributed by atoms with Crippen molar-refractivity contribution in [2.75, 3.05) is 18.5 Å². The van der Waals surface area contributed by atoms with Gasteiger partial charge in [-0.25, -0.2) is 0 Å². The van der Waals surface area contributed by atoms with E-state index in [9.17, 15) is 19.2 Å². The van der Waals surface area contributed by atoms with Crippen LogP contribution >= 0.6 is 15.9 Å². The fraction of sp³-hybridized carbons (Fsp3) is 0.500. The topological polar surface area (TPSA) is 92.8 Å². The molecule has 1 saturated heterocycles. The molecule has 2 aliphatic carbocycles. The van der Waals surface area contributed by atoms with E-state index in [1.54, 1.807) is 24.3 Å². The van der Waals surface area contributed by atoms with Gasteiger partial charge in [0.1, 0.15) is 0 Å². The molecule has 1 heterocycles. The second-order valence-corrected chi connectivity index (χ2v) is 8.59. The van der Waals surface area contributed by atoms with Crippen LogP contribution in [0.4, 0.5) is 5.69 Å². The number of rotatable bonds is 6. The largest absolute Gasteiger partial charge is 0.456 e. The van der Waals surface area contributed by atoms with Gasteiger partial charge in [0.25, 0.3) is 5.91 Å². The second-order valence-electron chi connectivity index (χ2n) is 7.68. The molecule has 0 radical (unpaired) electrons. The van der Waals surface area contributed by atoms with Crippen molar-refractivity contribution in [3.63, 3.8) is 0 Å². The summed E-state index contributed by atoms with van der Waals surface area (Å²) in [6, 6.07) is 7.01. The number of carbonyl (C=O) groups excluding carboxylic acids is 4. The average Bonchev–Trinajstić information content (AvgIpc) is 3.35. The van der Waals surface area contributed by atoms with Gasteiger partial charge in [-0.3, -0.25) is 24.1 Å². The zero-order valence-electron chi connectivity index (χ0n) is 15.2. The van der Waals surface area contributed by atoms with Crippen LogP contribution in [0.25, 0.3) is 0 Å². The van der Waals surface area contributed by atoms with Gasteiger partial charge in [-0.15, -0.1) is 0 Å². The summed E-state index contributed by atoms with van der Waals surface area (Å²) in [6.45, 7) is -0.385. The molecule has 0 unspecified atom stereocenters. The molecule has 1 aromatic carbocycles. The Bertz CT molecular complexity index is 796. The Labute approximate surface area is 170 Å². The third kappa shape index (κ3) is 3.57. The predicted molar refractivity (Wildman–Crippen MR) is 103 cm³/mol. The summed E-state index contributed by atoms with van der Waals surface area (Å²) in [6.07, 6.45) is 2.93. The standard InChI is InChI=1S/C20H21BrN2O5/c21-13-3-5-14(6-4-13)22-15(24)10-28-16(25)7-8-23-19(26)17-11-1-2-12(9-11)18(17)20(23)27/h3-6,11-12,17-18H,1-2,7-10H2,(H,22,24)/t11-,12-,17-,18-/m0/s1. The Morgan fingerprint density at radius 3 is 2.29 bits per heavy atom. The second kappa shape index (κ2) is 7.66. The maximum Gasteiger partial charge on any atom is 0.308 e. The van der Waals surface area contributed by atoms with Gasteiger partial charge >= 0.3 is 5.97 Å². The first-order valence-electron chi connectivity index (χ1n) is 9.50. The van der Waals surface area contributed by atoms with Crippen LogP contribution in [0.5, 0.6) is 0 Å². The molecule has 28 heavy (non-hydrogen) atoms. The molecule has 3 fully saturated rings. The summed E-state index contributed by atoms with van der Waals surface area (Å²) < 4.78 is 5.86. The minimum Gasteiger partial charge on any atom is -0.456 e. The summed E-state index contributed by atoms with van der Waals surface area (Å²) in [5.74, 6) is -1.04. The van der Waals surface area contributed by atoms with E-state index >= 15 is 0 Å². The number of carbonyl (C=O) groups is 4. The van der Waals surface area contributed by atoms with Crippen LogP contribution in [-0.4, -0.2) is 41.7 Å². The van der Waals surface area contributed by atoms with Crippen molar-refractivity contribution in [3.05, 3.63) is 28.7 Å². The fourth-order valence-corrected chi connectivity index (χ4v) is 5.11. The third-order valence-electron chi connectivity index (χ3n) is 6.05. The van der Waals surface area contributed by atoms with Gasteiger partial charge in [-0.2, -0.15) is 0 Å². The minimum atomic E-state index is -0.605. The summed E-state index contributed by atoms with van der Waals surface area (Å²) in [5, 5.41) is 2.62. The van der Waals surface area contributed by atoms with E-state index in [0.717, 1.165) is 23.7 Å². The number of nitrogens with one attached hydrogen (secondary N) is 1. The Hall–Kier alpha value is -2.22. The number of esters is 1. The lowest BCUT2D eigenvalue weighted by Crippen LogP contribution is -2.35. The third-order valence-corrected chi connectivity index (χ3v) is 6.58. The maximum absolute atomic E-state index is 12.6. The number of imide groups is 1. The van der Waals surface area contributed by atoms with Gasteiger partial charge in [0.05, 0.1) is 18.3 Å². The highest BCUT2D eigenvalue weighted by Crippen LogP contribution is 2.56. The van der Waals surface area contributed by atoms with Crippen LogP contribution < -0.4 is 5.32 Å². The Balaban J connectivity index is 1.22. The molecule has 7 nitrogen and oxygen atoms in total. The smallest absolute Gasteiger partial charge is 0.308 e. The lowest BCUT2D eigenvalue weighted by atomic mass is 9.81. The zero-order valence-corrected chi connectivity index (χ0v) is 16.8. The molecule has 1 aliphatic heterocycles. The first-order chi connectivity index (χ1) is 13.4. The number of likely N-dealkylation sites (tertiary alicyclic amines) is 1. The van der Waals surface area contributed by atoms with Crippen LogP contribution in [0.3, 0.4) is 0 Å². The van der Waals surface area contributed by atoms with Gasteiger partial charge < -0.3 is 10.1 Å². The van der Waals surface area contributed by atoms with Crippen molar-refractivity contribution >= 4 is 45.3 Å². The predicted octanol–water partition coefficient (Wildman–Crippen LogP) is 2.35. The fourth-order valence-electron chi connectivity index (χ4n) is 4.84. The summed E-state index contributed by atoms with van der Waals surface area (Å²) in [5.41, 5.74) is 0.596. The number of anilines is 1. The SMILES string of the molecule is O=C(COC(=O)CCN1C(=O)[C@H]2[C@H]3CC[C@@H](C3)[C@@H]2C1=O)Nc1ccc(Br)cc1. The van der Waals surface area contributed by atoms with E-state index in [-0.39, 0.29) is 36.6 Å². The van der Waals surface area contributed by atoms with Crippen molar-refractivity contribution in [2.24, 2.45) is 23.7 Å². The van der Waals surface area contributed by atoms with Crippen LogP contribution in [0.1, 0.15) is 25.7 Å². The molecule has 148 valence electrons. The van der Waals surface area contributed by atoms with Crippen molar-refractivity contribution in [2.45, 2.75) is 25.7 Å². The first-order valence-corrected chi connectivity index (χ1v) is 10.3. The highest BCUT2D eigenvalue weighted by Gasteiger charge is 2.60. The molecule has 8 heteroatoms. The molecule has 1 aromatic rings. The van der Waals surface area contributed by atoms with E-state index in [4.69, 9.17) is 4.74 Å². The van der Waals surface area contributed by atoms with Gasteiger partial charge in [0.2, 0.25) is 11.8 Å². The normalized spacial score (nSPS) is 27.8. The van der Waals surface area contributed by atoms with Crippen molar-refractivity contribution in [3.8, 4) is 0 Å². The quantitative estimate of drug-likeness (QED) is 0.532. The lowest BCUT2D eigenvalue weighted by Gasteiger charge is -2.19. The van der Waals surface area contributed by atoms with Gasteiger partial charge in [0.15, 0.2) is 6.61 Å². The van der Waals surface area contributed by atoms with Crippen LogP contribution in [-0.2, 0) is 23.9 Å². The van der Waals surface area contributed by atoms with Gasteiger partial charge in [-0.1, -0.05) is 15.9 Å². The minimum absolute atomic E-state index is 0.0251. The van der Waals surface area contributed by atoms with Crippen LogP contribution in [0, 0.1) is 23.7 Å². The highest BCUT2D eigenvalue weighted by atomic mass is 79.9. The average molecular weight is 449 g/mol. The van der Waals surface area contributed by atoms with Crippen LogP contribution in [0.15, 0.2) is 28.7 Å². The number of hydrogen-bond donors (Lipinski definition) is 1. The molecule has 0 aromatic heterocycles. The Morgan fingerprint density at radius 1 is 1.07 bits per heavy atom. The molecule has 4 rings (SSSR count). The summed E-state index contributed by atoms with van der Waals surface area (Å²) in [4.78, 5) is 50.2. The highest BCUT2D eigenvalue weighted by molar-refractivity contribution is 9.10. The van der Waals surface area contributed by atoms with Gasteiger partial charge in [-0.05, 0) is 55.4 Å². The van der Waals surface area contributed by atoms with Crippen LogP contribution in [0.2, 0.25) is 0 Å². The lowest BCUT2D eigenvalue weighted by molar-refractivity contribution is -0.149.